The molecule has 0 fully saturated rings. The minimum atomic E-state index is -3.84. The molecule has 0 aromatic heterocycles. The molecule has 0 spiro atoms. The van der Waals surface area contributed by atoms with Crippen LogP contribution in [-0.4, -0.2) is 37.5 Å². The average Bonchev–Trinajstić information content (AvgIpc) is 2.72. The van der Waals surface area contributed by atoms with Gasteiger partial charge >= 0.3 is 16.1 Å². The molecule has 5 N–H and O–H groups in total. The van der Waals surface area contributed by atoms with Gasteiger partial charge in [-0.05, 0) is 59.7 Å². The number of anilines is 1. The van der Waals surface area contributed by atoms with Crippen molar-refractivity contribution in [1.82, 2.24) is 0 Å². The predicted octanol–water partition coefficient (Wildman–Crippen LogP) is 2.93. The number of benzene rings is 3. The highest BCUT2D eigenvalue weighted by atomic mass is 32.2. The molecule has 0 unspecified atom stereocenters. The van der Waals surface area contributed by atoms with Crippen LogP contribution < -0.4 is 15.2 Å². The summed E-state index contributed by atoms with van der Waals surface area (Å²) < 4.78 is 28.0. The summed E-state index contributed by atoms with van der Waals surface area (Å²) in [6.45, 7) is 0. The standard InChI is InChI=1S/C22H19N3O6S/c1-32(29,30)31-15-10-11-17(19(12-15)16-4-2-3-5-18(16)22(27)28)21(26)25-14-8-6-13(7-9-14)20(23)24/h2-12H,1H3,(H3,23,24)(H,25,26)(H,27,28). The number of nitrogen functional groups attached to an aromatic ring is 1. The highest BCUT2D eigenvalue weighted by molar-refractivity contribution is 7.86. The van der Waals surface area contributed by atoms with Gasteiger partial charge < -0.3 is 20.3 Å². The van der Waals surface area contributed by atoms with E-state index in [-0.39, 0.29) is 33.8 Å². The Balaban J connectivity index is 2.07. The number of rotatable bonds is 7. The number of aromatic carboxylic acids is 1. The van der Waals surface area contributed by atoms with E-state index in [0.29, 0.717) is 11.3 Å². The molecule has 0 bridgehead atoms. The number of carbonyl (C=O) groups excluding carboxylic acids is 1. The van der Waals surface area contributed by atoms with E-state index in [1.165, 1.54) is 30.3 Å². The molecule has 0 radical (unpaired) electrons. The maximum absolute atomic E-state index is 13.0. The average molecular weight is 453 g/mol. The van der Waals surface area contributed by atoms with Crippen molar-refractivity contribution in [2.45, 2.75) is 0 Å². The molecule has 32 heavy (non-hydrogen) atoms. The Bertz CT molecular complexity index is 1320. The molecule has 9 nitrogen and oxygen atoms in total. The molecule has 0 aliphatic carbocycles. The Labute approximate surface area is 184 Å². The second-order valence-corrected chi connectivity index (χ2v) is 8.37. The molecule has 3 aromatic carbocycles. The van der Waals surface area contributed by atoms with Crippen molar-refractivity contribution in [3.8, 4) is 16.9 Å². The van der Waals surface area contributed by atoms with Gasteiger partial charge in [0.15, 0.2) is 0 Å². The van der Waals surface area contributed by atoms with E-state index in [1.54, 1.807) is 36.4 Å². The fourth-order valence-electron chi connectivity index (χ4n) is 3.01. The summed E-state index contributed by atoms with van der Waals surface area (Å²) in [5, 5.41) is 19.7. The lowest BCUT2D eigenvalue weighted by Gasteiger charge is -2.14. The number of carboxylic acid groups (broad SMARTS) is 1. The van der Waals surface area contributed by atoms with Gasteiger partial charge in [0.05, 0.1) is 11.8 Å². The van der Waals surface area contributed by atoms with Crippen molar-refractivity contribution < 1.29 is 27.3 Å². The third kappa shape index (κ3) is 5.29. The molecule has 10 heteroatoms. The van der Waals surface area contributed by atoms with Crippen LogP contribution in [-0.2, 0) is 10.1 Å². The van der Waals surface area contributed by atoms with Crippen molar-refractivity contribution >= 4 is 33.5 Å². The number of carbonyl (C=O) groups is 2. The summed E-state index contributed by atoms with van der Waals surface area (Å²) in [5.74, 6) is -1.94. The Morgan fingerprint density at radius 2 is 1.62 bits per heavy atom. The minimum Gasteiger partial charge on any atom is -0.478 e. The predicted molar refractivity (Wildman–Crippen MR) is 120 cm³/mol. The second kappa shape index (κ2) is 8.90. The summed E-state index contributed by atoms with van der Waals surface area (Å²) in [5.41, 5.74) is 6.78. The number of amides is 1. The molecule has 0 saturated carbocycles. The number of nitrogens with two attached hydrogens (primary N) is 1. The highest BCUT2D eigenvalue weighted by Crippen LogP contribution is 2.32. The Morgan fingerprint density at radius 1 is 0.969 bits per heavy atom. The summed E-state index contributed by atoms with van der Waals surface area (Å²) >= 11 is 0. The van der Waals surface area contributed by atoms with Crippen LogP contribution in [0.1, 0.15) is 26.3 Å². The van der Waals surface area contributed by atoms with Crippen molar-refractivity contribution in [3.63, 3.8) is 0 Å². The van der Waals surface area contributed by atoms with Crippen molar-refractivity contribution in [2.75, 3.05) is 11.6 Å². The molecule has 1 amide bonds. The SMILES string of the molecule is CS(=O)(=O)Oc1ccc(C(=O)Nc2ccc(C(=N)N)cc2)c(-c2ccccc2C(=O)O)c1. The Morgan fingerprint density at radius 3 is 2.22 bits per heavy atom. The normalized spacial score (nSPS) is 10.9. The van der Waals surface area contributed by atoms with E-state index < -0.39 is 22.0 Å². The third-order valence-corrected chi connectivity index (χ3v) is 4.88. The first-order valence-electron chi connectivity index (χ1n) is 9.17. The number of amidine groups is 1. The van der Waals surface area contributed by atoms with E-state index in [4.69, 9.17) is 15.3 Å². The molecule has 0 aliphatic rings. The lowest BCUT2D eigenvalue weighted by Crippen LogP contribution is -2.15. The molecular weight excluding hydrogens is 434 g/mol. The lowest BCUT2D eigenvalue weighted by atomic mass is 9.94. The number of carboxylic acids is 1. The molecule has 3 rings (SSSR count). The van der Waals surface area contributed by atoms with E-state index in [9.17, 15) is 23.1 Å². The van der Waals surface area contributed by atoms with Gasteiger partial charge in [0.25, 0.3) is 5.91 Å². The van der Waals surface area contributed by atoms with Crippen molar-refractivity contribution in [1.29, 1.82) is 5.41 Å². The summed E-state index contributed by atoms with van der Waals surface area (Å²) in [6.07, 6.45) is 0.878. The van der Waals surface area contributed by atoms with Gasteiger partial charge in [-0.3, -0.25) is 10.2 Å². The molecule has 3 aromatic rings. The van der Waals surface area contributed by atoms with Crippen molar-refractivity contribution in [2.24, 2.45) is 5.73 Å². The van der Waals surface area contributed by atoms with Crippen LogP contribution in [0.4, 0.5) is 5.69 Å². The van der Waals surface area contributed by atoms with Crippen LogP contribution >= 0.6 is 0 Å². The topological polar surface area (TPSA) is 160 Å². The van der Waals surface area contributed by atoms with E-state index in [1.807, 2.05) is 0 Å². The lowest BCUT2D eigenvalue weighted by molar-refractivity contribution is 0.0697. The van der Waals surface area contributed by atoms with E-state index in [2.05, 4.69) is 5.32 Å². The maximum atomic E-state index is 13.0. The zero-order chi connectivity index (χ0) is 23.5. The number of hydrogen-bond acceptors (Lipinski definition) is 6. The zero-order valence-electron chi connectivity index (χ0n) is 16.8. The van der Waals surface area contributed by atoms with Crippen LogP contribution in [0, 0.1) is 5.41 Å². The number of nitrogens with one attached hydrogen (secondary N) is 2. The molecule has 0 heterocycles. The Hall–Kier alpha value is -4.18. The van der Waals surface area contributed by atoms with Crippen LogP contribution in [0.25, 0.3) is 11.1 Å². The van der Waals surface area contributed by atoms with Gasteiger partial charge in [0, 0.05) is 16.8 Å². The quantitative estimate of drug-likeness (QED) is 0.243. The molecule has 164 valence electrons. The first-order chi connectivity index (χ1) is 15.0. The summed E-state index contributed by atoms with van der Waals surface area (Å²) in [7, 11) is -3.84. The van der Waals surface area contributed by atoms with E-state index in [0.717, 1.165) is 6.26 Å². The minimum absolute atomic E-state index is 0.0648. The molecular formula is C22H19N3O6S. The largest absolute Gasteiger partial charge is 0.478 e. The molecule has 0 atom stereocenters. The van der Waals surface area contributed by atoms with Gasteiger partial charge in [-0.15, -0.1) is 0 Å². The van der Waals surface area contributed by atoms with Gasteiger partial charge in [0.2, 0.25) is 0 Å². The maximum Gasteiger partial charge on any atom is 0.336 e. The first-order valence-corrected chi connectivity index (χ1v) is 11.0. The second-order valence-electron chi connectivity index (χ2n) is 6.79. The summed E-state index contributed by atoms with van der Waals surface area (Å²) in [6, 6.07) is 16.3. The fourth-order valence-corrected chi connectivity index (χ4v) is 3.46. The van der Waals surface area contributed by atoms with Crippen LogP contribution in [0.5, 0.6) is 5.75 Å². The smallest absolute Gasteiger partial charge is 0.336 e. The third-order valence-electron chi connectivity index (χ3n) is 4.38. The number of hydrogen-bond donors (Lipinski definition) is 4. The van der Waals surface area contributed by atoms with Gasteiger partial charge in [-0.1, -0.05) is 18.2 Å². The monoisotopic (exact) mass is 453 g/mol. The van der Waals surface area contributed by atoms with Gasteiger partial charge in [-0.25, -0.2) is 4.79 Å². The van der Waals surface area contributed by atoms with Crippen LogP contribution in [0.2, 0.25) is 0 Å². The van der Waals surface area contributed by atoms with Crippen LogP contribution in [0.15, 0.2) is 66.7 Å². The van der Waals surface area contributed by atoms with Gasteiger partial charge in [0.1, 0.15) is 11.6 Å². The molecule has 0 aliphatic heterocycles. The highest BCUT2D eigenvalue weighted by Gasteiger charge is 2.20. The fraction of sp³-hybridized carbons (Fsp3) is 0.0455. The summed E-state index contributed by atoms with van der Waals surface area (Å²) in [4.78, 5) is 24.7. The van der Waals surface area contributed by atoms with Crippen molar-refractivity contribution in [3.05, 3.63) is 83.4 Å². The van der Waals surface area contributed by atoms with E-state index >= 15 is 0 Å². The molecule has 0 saturated heterocycles. The zero-order valence-corrected chi connectivity index (χ0v) is 17.6. The Kier molecular flexibility index (Phi) is 6.26. The van der Waals surface area contributed by atoms with Gasteiger partial charge in [-0.2, -0.15) is 8.42 Å². The van der Waals surface area contributed by atoms with Crippen LogP contribution in [0.3, 0.4) is 0 Å². The first kappa shape index (κ1) is 22.5.